The molecule has 0 bridgehead atoms. The average Bonchev–Trinajstić information content (AvgIpc) is 3.26. The Hall–Kier alpha value is -3.87. The molecule has 0 radical (unpaired) electrons. The Morgan fingerprint density at radius 1 is 0.868 bits per heavy atom. The number of piperazine rings is 1. The molecule has 5 rings (SSSR count). The molecule has 1 saturated heterocycles. The molecular formula is C31H37N5O2. The number of methoxy groups -OCH3 is 1. The Kier molecular flexibility index (Phi) is 7.11. The van der Waals surface area contributed by atoms with Gasteiger partial charge in [-0.25, -0.2) is 9.67 Å². The summed E-state index contributed by atoms with van der Waals surface area (Å²) in [6, 6.07) is 14.5. The summed E-state index contributed by atoms with van der Waals surface area (Å²) < 4.78 is 7.22. The zero-order chi connectivity index (χ0) is 27.0. The summed E-state index contributed by atoms with van der Waals surface area (Å²) in [5, 5.41) is 5.94. The third kappa shape index (κ3) is 4.85. The monoisotopic (exact) mass is 511 g/mol. The maximum Gasteiger partial charge on any atom is 0.223 e. The molecule has 1 amide bonds. The summed E-state index contributed by atoms with van der Waals surface area (Å²) in [7, 11) is 1.68. The fourth-order valence-electron chi connectivity index (χ4n) is 5.51. The van der Waals surface area contributed by atoms with Crippen LogP contribution in [0.4, 0.5) is 5.69 Å². The van der Waals surface area contributed by atoms with E-state index < -0.39 is 0 Å². The van der Waals surface area contributed by atoms with Crippen LogP contribution in [0, 0.1) is 34.6 Å². The topological polar surface area (TPSA) is 63.5 Å². The van der Waals surface area contributed by atoms with Crippen LogP contribution in [0.1, 0.15) is 40.1 Å². The molecule has 0 aliphatic carbocycles. The second kappa shape index (κ2) is 10.5. The lowest BCUT2D eigenvalue weighted by Gasteiger charge is -2.36. The van der Waals surface area contributed by atoms with Gasteiger partial charge in [-0.3, -0.25) is 4.79 Å². The van der Waals surface area contributed by atoms with Gasteiger partial charge < -0.3 is 14.5 Å². The number of ether oxygens (including phenoxy) is 1. The first-order valence-corrected chi connectivity index (χ1v) is 13.4. The molecule has 7 nitrogen and oxygen atoms in total. The molecule has 38 heavy (non-hydrogen) atoms. The molecule has 3 heterocycles. The standard InChI is InChI=1S/C31H37N5O2/c1-20-7-8-26(19-21(20)2)36-31-30(24(5)33-36)22(3)28(23(4)32-31)13-14-29(37)35-17-15-34(16-18-35)25-9-11-27(38-6)12-10-25/h7-12,19H,13-18H2,1-6H3. The summed E-state index contributed by atoms with van der Waals surface area (Å²) >= 11 is 0. The van der Waals surface area contributed by atoms with Crippen molar-refractivity contribution in [2.24, 2.45) is 0 Å². The molecule has 0 atom stereocenters. The third-order valence-corrected chi connectivity index (χ3v) is 7.97. The quantitative estimate of drug-likeness (QED) is 0.354. The van der Waals surface area contributed by atoms with Crippen molar-refractivity contribution in [3.05, 3.63) is 76.1 Å². The predicted octanol–water partition coefficient (Wildman–Crippen LogP) is 5.25. The zero-order valence-electron chi connectivity index (χ0n) is 23.3. The summed E-state index contributed by atoms with van der Waals surface area (Å²) in [6.45, 7) is 13.6. The van der Waals surface area contributed by atoms with E-state index in [-0.39, 0.29) is 5.91 Å². The first-order valence-electron chi connectivity index (χ1n) is 13.4. The highest BCUT2D eigenvalue weighted by Crippen LogP contribution is 2.29. The van der Waals surface area contributed by atoms with Crippen molar-refractivity contribution < 1.29 is 9.53 Å². The molecule has 4 aromatic rings. The number of rotatable bonds is 6. The summed E-state index contributed by atoms with van der Waals surface area (Å²) in [5.74, 6) is 1.06. The Bertz CT molecular complexity index is 1480. The van der Waals surface area contributed by atoms with Gasteiger partial charge in [-0.15, -0.1) is 0 Å². The van der Waals surface area contributed by atoms with Gasteiger partial charge in [0.2, 0.25) is 5.91 Å². The van der Waals surface area contributed by atoms with Gasteiger partial charge in [0.05, 0.1) is 18.5 Å². The second-order valence-corrected chi connectivity index (χ2v) is 10.3. The number of aryl methyl sites for hydroxylation is 5. The fourth-order valence-corrected chi connectivity index (χ4v) is 5.51. The highest BCUT2D eigenvalue weighted by Gasteiger charge is 2.23. The minimum atomic E-state index is 0.209. The van der Waals surface area contributed by atoms with E-state index in [1.165, 1.54) is 22.4 Å². The van der Waals surface area contributed by atoms with Gasteiger partial charge >= 0.3 is 0 Å². The Morgan fingerprint density at radius 3 is 2.21 bits per heavy atom. The molecular weight excluding hydrogens is 474 g/mol. The number of carbonyl (C=O) groups excluding carboxylic acids is 1. The summed E-state index contributed by atoms with van der Waals surface area (Å²) in [6.07, 6.45) is 1.17. The number of carbonyl (C=O) groups is 1. The Balaban J connectivity index is 1.28. The van der Waals surface area contributed by atoms with E-state index in [1.54, 1.807) is 7.11 Å². The van der Waals surface area contributed by atoms with Gasteiger partial charge in [0.1, 0.15) is 5.75 Å². The number of amides is 1. The van der Waals surface area contributed by atoms with Crippen molar-refractivity contribution in [1.29, 1.82) is 0 Å². The SMILES string of the molecule is COc1ccc(N2CCN(C(=O)CCc3c(C)nc4c(c(C)nn4-c4ccc(C)c(C)c4)c3C)CC2)cc1. The van der Waals surface area contributed by atoms with Crippen molar-refractivity contribution in [2.45, 2.75) is 47.5 Å². The lowest BCUT2D eigenvalue weighted by Crippen LogP contribution is -2.48. The lowest BCUT2D eigenvalue weighted by atomic mass is 9.99. The van der Waals surface area contributed by atoms with Gasteiger partial charge in [0.15, 0.2) is 5.65 Å². The molecule has 0 spiro atoms. The number of fused-ring (bicyclic) bond motifs is 1. The van der Waals surface area contributed by atoms with Crippen molar-refractivity contribution in [1.82, 2.24) is 19.7 Å². The molecule has 198 valence electrons. The average molecular weight is 512 g/mol. The van der Waals surface area contributed by atoms with Gasteiger partial charge in [0, 0.05) is 49.4 Å². The highest BCUT2D eigenvalue weighted by molar-refractivity contribution is 5.85. The number of nitrogens with zero attached hydrogens (tertiary/aromatic N) is 5. The largest absolute Gasteiger partial charge is 0.497 e. The van der Waals surface area contributed by atoms with Crippen LogP contribution in [-0.2, 0) is 11.2 Å². The van der Waals surface area contributed by atoms with Crippen molar-refractivity contribution in [2.75, 3.05) is 38.2 Å². The lowest BCUT2D eigenvalue weighted by molar-refractivity contribution is -0.131. The van der Waals surface area contributed by atoms with E-state index in [0.717, 1.165) is 65.6 Å². The van der Waals surface area contributed by atoms with Crippen LogP contribution in [0.15, 0.2) is 42.5 Å². The van der Waals surface area contributed by atoms with Gasteiger partial charge in [0.25, 0.3) is 0 Å². The number of pyridine rings is 1. The molecule has 1 aliphatic rings. The Labute approximate surface area is 225 Å². The molecule has 2 aromatic carbocycles. The van der Waals surface area contributed by atoms with E-state index in [9.17, 15) is 4.79 Å². The first-order chi connectivity index (χ1) is 18.3. The number of hydrogen-bond acceptors (Lipinski definition) is 5. The summed E-state index contributed by atoms with van der Waals surface area (Å²) in [5.41, 5.74) is 9.83. The Morgan fingerprint density at radius 2 is 1.55 bits per heavy atom. The van der Waals surface area contributed by atoms with E-state index in [1.807, 2.05) is 35.6 Å². The minimum Gasteiger partial charge on any atom is -0.497 e. The number of anilines is 1. The normalized spacial score (nSPS) is 13.8. The van der Waals surface area contributed by atoms with Crippen LogP contribution in [-0.4, -0.2) is 58.9 Å². The molecule has 0 unspecified atom stereocenters. The molecule has 7 heteroatoms. The highest BCUT2D eigenvalue weighted by atomic mass is 16.5. The maximum atomic E-state index is 13.2. The second-order valence-electron chi connectivity index (χ2n) is 10.3. The van der Waals surface area contributed by atoms with Crippen molar-refractivity contribution in [3.8, 4) is 11.4 Å². The van der Waals surface area contributed by atoms with Gasteiger partial charge in [-0.1, -0.05) is 6.07 Å². The van der Waals surface area contributed by atoms with Crippen LogP contribution < -0.4 is 9.64 Å². The predicted molar refractivity (Wildman–Crippen MR) is 153 cm³/mol. The maximum absolute atomic E-state index is 13.2. The van der Waals surface area contributed by atoms with E-state index in [0.29, 0.717) is 12.8 Å². The minimum absolute atomic E-state index is 0.209. The summed E-state index contributed by atoms with van der Waals surface area (Å²) in [4.78, 5) is 22.5. The first kappa shape index (κ1) is 25.8. The number of hydrogen-bond donors (Lipinski definition) is 0. The molecule has 1 fully saturated rings. The number of aromatic nitrogens is 3. The van der Waals surface area contributed by atoms with Crippen LogP contribution >= 0.6 is 0 Å². The molecule has 2 aromatic heterocycles. The smallest absolute Gasteiger partial charge is 0.223 e. The van der Waals surface area contributed by atoms with E-state index in [4.69, 9.17) is 14.8 Å². The zero-order valence-corrected chi connectivity index (χ0v) is 23.3. The number of benzene rings is 2. The molecule has 1 aliphatic heterocycles. The van der Waals surface area contributed by atoms with Crippen molar-refractivity contribution in [3.63, 3.8) is 0 Å². The van der Waals surface area contributed by atoms with Gasteiger partial charge in [-0.05, 0) is 99.7 Å². The van der Waals surface area contributed by atoms with Crippen LogP contribution in [0.5, 0.6) is 5.75 Å². The third-order valence-electron chi connectivity index (χ3n) is 7.97. The van der Waals surface area contributed by atoms with Crippen LogP contribution in [0.3, 0.4) is 0 Å². The van der Waals surface area contributed by atoms with Crippen molar-refractivity contribution >= 4 is 22.6 Å². The fraction of sp³-hybridized carbons (Fsp3) is 0.387. The van der Waals surface area contributed by atoms with E-state index in [2.05, 4.69) is 56.0 Å². The molecule has 0 N–H and O–H groups in total. The van der Waals surface area contributed by atoms with E-state index >= 15 is 0 Å². The van der Waals surface area contributed by atoms with Gasteiger partial charge in [-0.2, -0.15) is 5.10 Å². The van der Waals surface area contributed by atoms with Crippen LogP contribution in [0.2, 0.25) is 0 Å². The van der Waals surface area contributed by atoms with Crippen LogP contribution in [0.25, 0.3) is 16.7 Å². The molecule has 0 saturated carbocycles.